The second kappa shape index (κ2) is 10.2. The Labute approximate surface area is 203 Å². The number of ether oxygens (including phenoxy) is 1. The number of nitrogens with zero attached hydrogens (tertiary/aromatic N) is 3. The number of hydrogen-bond acceptors (Lipinski definition) is 5. The van der Waals surface area contributed by atoms with Crippen LogP contribution in [0.15, 0.2) is 82.4 Å². The van der Waals surface area contributed by atoms with E-state index in [0.717, 1.165) is 15.7 Å². The molecule has 4 rings (SSSR count). The molecule has 0 radical (unpaired) electrons. The van der Waals surface area contributed by atoms with Crippen LogP contribution in [0.25, 0.3) is 17.1 Å². The number of anilines is 1. The number of benzene rings is 3. The molecule has 1 amide bonds. The summed E-state index contributed by atoms with van der Waals surface area (Å²) in [7, 11) is 1.54. The summed E-state index contributed by atoms with van der Waals surface area (Å²) in [5, 5.41) is 12.7. The molecule has 162 valence electrons. The van der Waals surface area contributed by atoms with Gasteiger partial charge in [0, 0.05) is 21.4 Å². The number of carbonyl (C=O) groups is 1. The van der Waals surface area contributed by atoms with E-state index < -0.39 is 0 Å². The van der Waals surface area contributed by atoms with Crippen molar-refractivity contribution in [1.29, 1.82) is 0 Å². The Morgan fingerprint density at radius 2 is 1.91 bits per heavy atom. The lowest BCUT2D eigenvalue weighted by Crippen LogP contribution is -2.14. The Kier molecular flexibility index (Phi) is 7.14. The third kappa shape index (κ3) is 5.15. The van der Waals surface area contributed by atoms with E-state index in [0.29, 0.717) is 27.4 Å². The Bertz CT molecular complexity index is 1250. The second-order valence-electron chi connectivity index (χ2n) is 6.67. The van der Waals surface area contributed by atoms with Gasteiger partial charge in [0.1, 0.15) is 5.75 Å². The van der Waals surface area contributed by atoms with Crippen molar-refractivity contribution in [2.75, 3.05) is 18.2 Å². The van der Waals surface area contributed by atoms with Crippen molar-refractivity contribution >= 4 is 50.9 Å². The molecule has 0 saturated carbocycles. The number of hydrogen-bond donors (Lipinski definition) is 1. The maximum Gasteiger partial charge on any atom is 0.234 e. The zero-order valence-corrected chi connectivity index (χ0v) is 20.1. The van der Waals surface area contributed by atoms with Crippen LogP contribution in [-0.4, -0.2) is 33.5 Å². The predicted molar refractivity (Wildman–Crippen MR) is 132 cm³/mol. The normalized spacial score (nSPS) is 10.7. The highest BCUT2D eigenvalue weighted by Gasteiger charge is 2.17. The molecule has 0 aliphatic rings. The smallest absolute Gasteiger partial charge is 0.234 e. The van der Waals surface area contributed by atoms with Crippen LogP contribution < -0.4 is 10.1 Å². The first-order valence-corrected chi connectivity index (χ1v) is 11.7. The van der Waals surface area contributed by atoms with Crippen LogP contribution in [0.5, 0.6) is 5.75 Å². The lowest BCUT2D eigenvalue weighted by atomic mass is 10.2. The van der Waals surface area contributed by atoms with E-state index in [9.17, 15) is 4.79 Å². The third-order valence-corrected chi connectivity index (χ3v) is 6.22. The van der Waals surface area contributed by atoms with Crippen LogP contribution in [-0.2, 0) is 4.79 Å². The molecule has 0 aliphatic carbocycles. The molecule has 4 aromatic rings. The van der Waals surface area contributed by atoms with Gasteiger partial charge in [0.25, 0.3) is 0 Å². The number of para-hydroxylation sites is 1. The van der Waals surface area contributed by atoms with Crippen molar-refractivity contribution < 1.29 is 9.53 Å². The molecule has 0 spiro atoms. The maximum absolute atomic E-state index is 12.6. The van der Waals surface area contributed by atoms with Crippen LogP contribution in [0, 0.1) is 0 Å². The van der Waals surface area contributed by atoms with Crippen molar-refractivity contribution in [2.24, 2.45) is 0 Å². The van der Waals surface area contributed by atoms with Crippen molar-refractivity contribution in [3.8, 4) is 22.8 Å². The first-order chi connectivity index (χ1) is 15.5. The molecule has 0 bridgehead atoms. The highest BCUT2D eigenvalue weighted by Crippen LogP contribution is 2.30. The molecular formula is C23H18BrClN4O2S. The summed E-state index contributed by atoms with van der Waals surface area (Å²) in [6.45, 7) is 0. The van der Waals surface area contributed by atoms with E-state index in [1.54, 1.807) is 25.3 Å². The molecule has 9 heteroatoms. The maximum atomic E-state index is 12.6. The molecule has 0 aliphatic heterocycles. The zero-order valence-electron chi connectivity index (χ0n) is 17.0. The van der Waals surface area contributed by atoms with Gasteiger partial charge in [0.2, 0.25) is 5.91 Å². The lowest BCUT2D eigenvalue weighted by molar-refractivity contribution is -0.113. The fourth-order valence-electron chi connectivity index (χ4n) is 3.06. The minimum absolute atomic E-state index is 0.160. The number of rotatable bonds is 7. The molecule has 0 saturated heterocycles. The van der Waals surface area contributed by atoms with Gasteiger partial charge in [-0.05, 0) is 42.5 Å². The number of aromatic nitrogens is 3. The molecule has 0 atom stereocenters. The topological polar surface area (TPSA) is 69.0 Å². The fraction of sp³-hybridized carbons (Fsp3) is 0.0870. The van der Waals surface area contributed by atoms with E-state index in [2.05, 4.69) is 31.4 Å². The number of nitrogens with one attached hydrogen (secondary N) is 1. The lowest BCUT2D eigenvalue weighted by Gasteiger charge is -2.11. The van der Waals surface area contributed by atoms with E-state index in [1.165, 1.54) is 11.8 Å². The van der Waals surface area contributed by atoms with Crippen LogP contribution in [0.1, 0.15) is 0 Å². The van der Waals surface area contributed by atoms with Gasteiger partial charge >= 0.3 is 0 Å². The van der Waals surface area contributed by atoms with Gasteiger partial charge in [0.05, 0.1) is 17.9 Å². The number of methoxy groups -OCH3 is 1. The predicted octanol–water partition coefficient (Wildman–Crippen LogP) is 6.09. The third-order valence-electron chi connectivity index (χ3n) is 4.50. The average Bonchev–Trinajstić information content (AvgIpc) is 3.22. The second-order valence-corrected chi connectivity index (χ2v) is 8.94. The molecule has 6 nitrogen and oxygen atoms in total. The number of thioether (sulfide) groups is 1. The van der Waals surface area contributed by atoms with Gasteiger partial charge < -0.3 is 10.1 Å². The van der Waals surface area contributed by atoms with E-state index in [-0.39, 0.29) is 11.7 Å². The summed E-state index contributed by atoms with van der Waals surface area (Å²) >= 11 is 11.0. The summed E-state index contributed by atoms with van der Waals surface area (Å²) in [6, 6.07) is 22.8. The number of halogens is 2. The van der Waals surface area contributed by atoms with Crippen molar-refractivity contribution in [3.63, 3.8) is 0 Å². The molecule has 1 N–H and O–H groups in total. The zero-order chi connectivity index (χ0) is 22.5. The van der Waals surface area contributed by atoms with Gasteiger partial charge in [-0.15, -0.1) is 10.2 Å². The van der Waals surface area contributed by atoms with Gasteiger partial charge in [-0.25, -0.2) is 0 Å². The van der Waals surface area contributed by atoms with E-state index >= 15 is 0 Å². The molecule has 3 aromatic carbocycles. The quantitative estimate of drug-likeness (QED) is 0.293. The Morgan fingerprint density at radius 3 is 2.62 bits per heavy atom. The van der Waals surface area contributed by atoms with Gasteiger partial charge in [-0.1, -0.05) is 69.6 Å². The molecule has 0 unspecified atom stereocenters. The van der Waals surface area contributed by atoms with Crippen molar-refractivity contribution in [1.82, 2.24) is 14.8 Å². The summed E-state index contributed by atoms with van der Waals surface area (Å²) in [4.78, 5) is 12.6. The molecule has 1 heterocycles. The Hall–Kier alpha value is -2.81. The standard InChI is InChI=1S/C23H18BrClN4O2S/c1-31-20-11-10-17(13-19(20)25)26-21(30)14-32-23-28-27-22(15-6-5-7-16(24)12-15)29(23)18-8-3-2-4-9-18/h2-13H,14H2,1H3,(H,26,30). The molecular weight excluding hydrogens is 512 g/mol. The summed E-state index contributed by atoms with van der Waals surface area (Å²) in [5.41, 5.74) is 2.43. The van der Waals surface area contributed by atoms with E-state index in [1.807, 2.05) is 59.2 Å². The molecule has 32 heavy (non-hydrogen) atoms. The monoisotopic (exact) mass is 528 g/mol. The minimum atomic E-state index is -0.178. The highest BCUT2D eigenvalue weighted by molar-refractivity contribution is 9.10. The van der Waals surface area contributed by atoms with Crippen LogP contribution >= 0.6 is 39.3 Å². The van der Waals surface area contributed by atoms with Crippen molar-refractivity contribution in [3.05, 3.63) is 82.3 Å². The summed E-state index contributed by atoms with van der Waals surface area (Å²) < 4.78 is 8.04. The Morgan fingerprint density at radius 1 is 1.09 bits per heavy atom. The molecule has 1 aromatic heterocycles. The highest BCUT2D eigenvalue weighted by atomic mass is 79.9. The van der Waals surface area contributed by atoms with Gasteiger partial charge in [-0.3, -0.25) is 9.36 Å². The van der Waals surface area contributed by atoms with Crippen LogP contribution in [0.4, 0.5) is 5.69 Å². The fourth-order valence-corrected chi connectivity index (χ4v) is 4.47. The number of amides is 1. The van der Waals surface area contributed by atoms with Gasteiger partial charge in [0.15, 0.2) is 11.0 Å². The first kappa shape index (κ1) is 22.4. The minimum Gasteiger partial charge on any atom is -0.495 e. The van der Waals surface area contributed by atoms with Crippen molar-refractivity contribution in [2.45, 2.75) is 5.16 Å². The first-order valence-electron chi connectivity index (χ1n) is 9.58. The number of carbonyl (C=O) groups excluding carboxylic acids is 1. The van der Waals surface area contributed by atoms with Crippen LogP contribution in [0.2, 0.25) is 5.02 Å². The average molecular weight is 530 g/mol. The Balaban J connectivity index is 1.56. The molecule has 0 fully saturated rings. The van der Waals surface area contributed by atoms with Gasteiger partial charge in [-0.2, -0.15) is 0 Å². The van der Waals surface area contributed by atoms with Crippen LogP contribution in [0.3, 0.4) is 0 Å². The summed E-state index contributed by atoms with van der Waals surface area (Å²) in [6.07, 6.45) is 0. The van der Waals surface area contributed by atoms with E-state index in [4.69, 9.17) is 16.3 Å². The SMILES string of the molecule is COc1ccc(NC(=O)CSc2nnc(-c3cccc(Br)c3)n2-c2ccccc2)cc1Cl. The summed E-state index contributed by atoms with van der Waals surface area (Å²) in [5.74, 6) is 1.23. The largest absolute Gasteiger partial charge is 0.495 e.